The number of rotatable bonds is 10. The van der Waals surface area contributed by atoms with Crippen molar-refractivity contribution in [1.29, 1.82) is 0 Å². The second kappa shape index (κ2) is 9.67. The number of hydrogen-bond donors (Lipinski definition) is 0. The summed E-state index contributed by atoms with van der Waals surface area (Å²) in [6.07, 6.45) is 0.853. The van der Waals surface area contributed by atoms with Gasteiger partial charge in [0.15, 0.2) is 5.60 Å². The number of carbonyl (C=O) groups is 2. The van der Waals surface area contributed by atoms with Crippen LogP contribution >= 0.6 is 15.9 Å². The third-order valence-corrected chi connectivity index (χ3v) is 3.42. The van der Waals surface area contributed by atoms with Gasteiger partial charge < -0.3 is 19.0 Å². The number of alkyl halides is 1. The molecule has 5 nitrogen and oxygen atoms in total. The molecule has 0 radical (unpaired) electrons. The molecule has 0 spiro atoms. The first-order valence-electron chi connectivity index (χ1n) is 7.52. The topological polar surface area (TPSA) is 61.8 Å². The molecule has 0 aliphatic carbocycles. The molecule has 0 aliphatic rings. The molecule has 0 saturated heterocycles. The predicted octanol–water partition coefficient (Wildman–Crippen LogP) is 3.45. The molecule has 0 N–H and O–H groups in total. The van der Waals surface area contributed by atoms with E-state index in [4.69, 9.17) is 14.2 Å². The van der Waals surface area contributed by atoms with Gasteiger partial charge in [0.1, 0.15) is 12.0 Å². The molecule has 1 aromatic carbocycles. The third-order valence-electron chi connectivity index (χ3n) is 3.10. The van der Waals surface area contributed by atoms with Crippen molar-refractivity contribution in [3.63, 3.8) is 0 Å². The van der Waals surface area contributed by atoms with Crippen LogP contribution in [0.3, 0.4) is 0 Å². The second-order valence-electron chi connectivity index (χ2n) is 5.35. The molecule has 1 aromatic rings. The van der Waals surface area contributed by atoms with E-state index in [0.29, 0.717) is 30.7 Å². The van der Waals surface area contributed by atoms with E-state index in [1.165, 1.54) is 0 Å². The molecular formula is C17H23BrO5. The van der Waals surface area contributed by atoms with Gasteiger partial charge in [0, 0.05) is 11.8 Å². The molecule has 0 aliphatic heterocycles. The van der Waals surface area contributed by atoms with Crippen molar-refractivity contribution >= 4 is 28.2 Å². The number of benzene rings is 1. The van der Waals surface area contributed by atoms with Gasteiger partial charge in [-0.1, -0.05) is 28.1 Å². The van der Waals surface area contributed by atoms with Crippen LogP contribution in [0, 0.1) is 0 Å². The summed E-state index contributed by atoms with van der Waals surface area (Å²) in [5.41, 5.74) is -0.175. The van der Waals surface area contributed by atoms with Crippen molar-refractivity contribution in [3.05, 3.63) is 29.8 Å². The summed E-state index contributed by atoms with van der Waals surface area (Å²) in [6.45, 7) is 5.90. The first kappa shape index (κ1) is 19.6. The second-order valence-corrected chi connectivity index (χ2v) is 6.15. The standard InChI is InChI=1S/C17H23BrO5/c1-4-21-16(20)17(2,3)23-14-7-5-13(6-8-14)15(9-11-19)22-12-10-18/h5-8,11,15H,4,9-10,12H2,1-3H3. The van der Waals surface area contributed by atoms with Crippen LogP contribution in [0.4, 0.5) is 0 Å². The molecule has 1 unspecified atom stereocenters. The van der Waals surface area contributed by atoms with Gasteiger partial charge in [-0.25, -0.2) is 4.79 Å². The van der Waals surface area contributed by atoms with Crippen molar-refractivity contribution in [1.82, 2.24) is 0 Å². The molecule has 0 saturated carbocycles. The van der Waals surface area contributed by atoms with Gasteiger partial charge in [-0.2, -0.15) is 0 Å². The molecule has 0 bridgehead atoms. The van der Waals surface area contributed by atoms with Gasteiger partial charge in [-0.05, 0) is 38.5 Å². The lowest BCUT2D eigenvalue weighted by Gasteiger charge is -2.24. The maximum absolute atomic E-state index is 11.8. The van der Waals surface area contributed by atoms with Crippen molar-refractivity contribution in [2.45, 2.75) is 38.9 Å². The van der Waals surface area contributed by atoms with Crippen LogP contribution in [0.2, 0.25) is 0 Å². The summed E-state index contributed by atoms with van der Waals surface area (Å²) in [5, 5.41) is 0.706. The Hall–Kier alpha value is -1.40. The molecule has 1 rings (SSSR count). The van der Waals surface area contributed by atoms with E-state index >= 15 is 0 Å². The molecule has 23 heavy (non-hydrogen) atoms. The first-order chi connectivity index (χ1) is 10.9. The highest BCUT2D eigenvalue weighted by atomic mass is 79.9. The minimum absolute atomic E-state index is 0.280. The maximum atomic E-state index is 11.8. The van der Waals surface area contributed by atoms with Crippen LogP contribution < -0.4 is 4.74 Å². The van der Waals surface area contributed by atoms with Crippen LogP contribution in [-0.2, 0) is 19.1 Å². The summed E-state index contributed by atoms with van der Waals surface area (Å²) in [6, 6.07) is 7.18. The van der Waals surface area contributed by atoms with Crippen LogP contribution in [0.5, 0.6) is 5.75 Å². The van der Waals surface area contributed by atoms with Crippen LogP contribution in [-0.4, -0.2) is 36.4 Å². The Labute approximate surface area is 145 Å². The Morgan fingerprint density at radius 2 is 1.96 bits per heavy atom. The van der Waals surface area contributed by atoms with Crippen LogP contribution in [0.15, 0.2) is 24.3 Å². The number of ether oxygens (including phenoxy) is 3. The van der Waals surface area contributed by atoms with E-state index in [0.717, 1.165) is 11.8 Å². The minimum Gasteiger partial charge on any atom is -0.476 e. The van der Waals surface area contributed by atoms with Gasteiger partial charge in [0.25, 0.3) is 0 Å². The largest absolute Gasteiger partial charge is 0.476 e. The zero-order valence-electron chi connectivity index (χ0n) is 13.7. The monoisotopic (exact) mass is 386 g/mol. The van der Waals surface area contributed by atoms with E-state index in [2.05, 4.69) is 15.9 Å². The fourth-order valence-corrected chi connectivity index (χ4v) is 2.15. The smallest absolute Gasteiger partial charge is 0.349 e. The Morgan fingerprint density at radius 3 is 2.48 bits per heavy atom. The van der Waals surface area contributed by atoms with E-state index in [9.17, 15) is 9.59 Å². The van der Waals surface area contributed by atoms with Crippen molar-refractivity contribution in [2.24, 2.45) is 0 Å². The average Bonchev–Trinajstić information content (AvgIpc) is 2.52. The Kier molecular flexibility index (Phi) is 8.26. The molecule has 6 heteroatoms. The van der Waals surface area contributed by atoms with E-state index in [1.54, 1.807) is 32.9 Å². The van der Waals surface area contributed by atoms with Gasteiger partial charge in [-0.3, -0.25) is 0 Å². The van der Waals surface area contributed by atoms with Gasteiger partial charge in [0.2, 0.25) is 0 Å². The number of carbonyl (C=O) groups excluding carboxylic acids is 2. The zero-order valence-corrected chi connectivity index (χ0v) is 15.3. The zero-order chi connectivity index (χ0) is 17.3. The molecule has 128 valence electrons. The third kappa shape index (κ3) is 6.31. The number of halogens is 1. The molecule has 0 aromatic heterocycles. The predicted molar refractivity (Wildman–Crippen MR) is 91.0 cm³/mol. The molecule has 0 heterocycles. The van der Waals surface area contributed by atoms with Crippen molar-refractivity contribution in [3.8, 4) is 5.75 Å². The van der Waals surface area contributed by atoms with Crippen molar-refractivity contribution in [2.75, 3.05) is 18.5 Å². The Bertz CT molecular complexity index is 498. The highest BCUT2D eigenvalue weighted by molar-refractivity contribution is 9.09. The summed E-state index contributed by atoms with van der Waals surface area (Å²) in [5.74, 6) is 0.140. The minimum atomic E-state index is -1.06. The quantitative estimate of drug-likeness (QED) is 0.350. The van der Waals surface area contributed by atoms with Gasteiger partial charge in [0.05, 0.1) is 19.3 Å². The number of hydrogen-bond acceptors (Lipinski definition) is 5. The Morgan fingerprint density at radius 1 is 1.30 bits per heavy atom. The lowest BCUT2D eigenvalue weighted by Crippen LogP contribution is -2.39. The normalized spacial score (nSPS) is 12.5. The molecule has 1 atom stereocenters. The van der Waals surface area contributed by atoms with E-state index in [1.807, 2.05) is 12.1 Å². The summed E-state index contributed by atoms with van der Waals surface area (Å²) in [4.78, 5) is 22.6. The maximum Gasteiger partial charge on any atom is 0.349 e. The first-order valence-corrected chi connectivity index (χ1v) is 8.64. The summed E-state index contributed by atoms with van der Waals surface area (Å²) in [7, 11) is 0. The number of aldehydes is 1. The average molecular weight is 387 g/mol. The fourth-order valence-electron chi connectivity index (χ4n) is 1.97. The SMILES string of the molecule is CCOC(=O)C(C)(C)Oc1ccc(C(CC=O)OCCBr)cc1. The van der Waals surface area contributed by atoms with Crippen LogP contribution in [0.25, 0.3) is 0 Å². The molecule has 0 fully saturated rings. The number of esters is 1. The van der Waals surface area contributed by atoms with Gasteiger partial charge >= 0.3 is 5.97 Å². The highest BCUT2D eigenvalue weighted by Crippen LogP contribution is 2.25. The Balaban J connectivity index is 2.78. The summed E-state index contributed by atoms with van der Waals surface area (Å²) >= 11 is 3.30. The van der Waals surface area contributed by atoms with Crippen molar-refractivity contribution < 1.29 is 23.8 Å². The summed E-state index contributed by atoms with van der Waals surface area (Å²) < 4.78 is 16.3. The molecular weight excluding hydrogens is 364 g/mol. The van der Waals surface area contributed by atoms with E-state index < -0.39 is 11.6 Å². The highest BCUT2D eigenvalue weighted by Gasteiger charge is 2.31. The lowest BCUT2D eigenvalue weighted by molar-refractivity contribution is -0.158. The van der Waals surface area contributed by atoms with E-state index in [-0.39, 0.29) is 6.10 Å². The lowest BCUT2D eigenvalue weighted by atomic mass is 10.1. The van der Waals surface area contributed by atoms with Crippen LogP contribution in [0.1, 0.15) is 38.9 Å². The fraction of sp³-hybridized carbons (Fsp3) is 0.529. The molecule has 0 amide bonds. The van der Waals surface area contributed by atoms with Gasteiger partial charge in [-0.15, -0.1) is 0 Å².